The molecule has 1 aliphatic rings. The molecule has 23 heavy (non-hydrogen) atoms. The molecule has 0 aromatic heterocycles. The number of para-hydroxylation sites is 1. The van der Waals surface area contributed by atoms with E-state index < -0.39 is 10.7 Å². The lowest BCUT2D eigenvalue weighted by Crippen LogP contribution is -2.13. The van der Waals surface area contributed by atoms with Gasteiger partial charge in [0.2, 0.25) is 0 Å². The van der Waals surface area contributed by atoms with Gasteiger partial charge < -0.3 is 9.53 Å². The number of hydrogen-bond donors (Lipinski definition) is 1. The summed E-state index contributed by atoms with van der Waals surface area (Å²) < 4.78 is 28.4. The lowest BCUT2D eigenvalue weighted by atomic mass is 9.95. The number of benzene rings is 2. The number of carbonyl (C=O) groups excluding carboxylic acids is 1. The van der Waals surface area contributed by atoms with E-state index in [4.69, 9.17) is 4.74 Å². The Morgan fingerprint density at radius 1 is 1.09 bits per heavy atom. The predicted molar refractivity (Wildman–Crippen MR) is 97.3 cm³/mol. The van der Waals surface area contributed by atoms with Crippen LogP contribution >= 0.6 is 22.6 Å². The van der Waals surface area contributed by atoms with E-state index in [1.807, 2.05) is 36.4 Å². The first kappa shape index (κ1) is 16.2. The number of hydrogen-bond acceptors (Lipinski definition) is 4. The van der Waals surface area contributed by atoms with Crippen LogP contribution in [-0.4, -0.2) is 14.7 Å². The Balaban J connectivity index is 2.00. The van der Waals surface area contributed by atoms with Crippen molar-refractivity contribution < 1.29 is 17.9 Å². The lowest BCUT2D eigenvalue weighted by Gasteiger charge is -2.25. The van der Waals surface area contributed by atoms with Crippen molar-refractivity contribution in [3.63, 3.8) is 0 Å². The summed E-state index contributed by atoms with van der Waals surface area (Å²) in [5.74, 6) is 0.990. The zero-order valence-electron chi connectivity index (χ0n) is 11.9. The molecule has 1 heterocycles. The Hall–Kier alpha value is -1.67. The van der Waals surface area contributed by atoms with Crippen LogP contribution in [0.25, 0.3) is 5.76 Å². The van der Waals surface area contributed by atoms with Crippen molar-refractivity contribution in [2.75, 3.05) is 0 Å². The third kappa shape index (κ3) is 3.32. The molecule has 0 bridgehead atoms. The number of halogens is 1. The molecule has 1 unspecified atom stereocenters. The Morgan fingerprint density at radius 2 is 1.78 bits per heavy atom. The highest BCUT2D eigenvalue weighted by molar-refractivity contribution is 14.1. The minimum Gasteiger partial charge on any atom is -0.456 e. The first-order valence-corrected chi connectivity index (χ1v) is 9.37. The fourth-order valence-electron chi connectivity index (χ4n) is 2.51. The highest BCUT2D eigenvalue weighted by Crippen LogP contribution is 2.43. The average molecular weight is 440 g/mol. The average Bonchev–Trinajstić information content (AvgIpc) is 2.55. The van der Waals surface area contributed by atoms with E-state index in [-0.39, 0.29) is 11.7 Å². The molecule has 0 saturated carbocycles. The number of aldehydes is 1. The summed E-state index contributed by atoms with van der Waals surface area (Å²) in [6.45, 7) is 0. The molecule has 4 nitrogen and oxygen atoms in total. The van der Waals surface area contributed by atoms with E-state index in [0.29, 0.717) is 11.5 Å². The number of thiol groups is 1. The van der Waals surface area contributed by atoms with Crippen molar-refractivity contribution in [2.45, 2.75) is 11.7 Å². The van der Waals surface area contributed by atoms with Crippen LogP contribution in [0.5, 0.6) is 5.75 Å². The summed E-state index contributed by atoms with van der Waals surface area (Å²) in [5.41, 5.74) is 2.40. The van der Waals surface area contributed by atoms with Crippen LogP contribution in [0.2, 0.25) is 0 Å². The Kier molecular flexibility index (Phi) is 4.82. The van der Waals surface area contributed by atoms with Crippen molar-refractivity contribution in [2.24, 2.45) is 0 Å². The van der Waals surface area contributed by atoms with Gasteiger partial charge in [0, 0.05) is 14.7 Å². The van der Waals surface area contributed by atoms with E-state index in [1.54, 1.807) is 12.1 Å². The van der Waals surface area contributed by atoms with Gasteiger partial charge in [-0.05, 0) is 34.2 Å². The van der Waals surface area contributed by atoms with Crippen LogP contribution in [0.3, 0.4) is 0 Å². The standard InChI is InChI=1S/C17H13IO4S/c18-16-14(9-19)13-3-1-2-4-15(13)22-17(16)12-7-5-11(6-8-12)10-23(20)21/h1-9,14,23H,10H2. The third-order valence-corrected chi connectivity index (χ3v) is 5.40. The molecule has 0 N–H and O–H groups in total. The minimum atomic E-state index is -2.45. The number of carbonyl (C=O) groups is 1. The molecule has 1 atom stereocenters. The van der Waals surface area contributed by atoms with Crippen molar-refractivity contribution in [1.82, 2.24) is 0 Å². The molecule has 3 rings (SSSR count). The van der Waals surface area contributed by atoms with Crippen molar-refractivity contribution in [3.05, 3.63) is 68.8 Å². The highest BCUT2D eigenvalue weighted by Gasteiger charge is 2.28. The maximum absolute atomic E-state index is 11.5. The van der Waals surface area contributed by atoms with Gasteiger partial charge in [-0.15, -0.1) is 0 Å². The van der Waals surface area contributed by atoms with Crippen molar-refractivity contribution >= 4 is 45.3 Å². The largest absolute Gasteiger partial charge is 0.456 e. The molecule has 6 heteroatoms. The fourth-order valence-corrected chi connectivity index (χ4v) is 3.92. The Morgan fingerprint density at radius 3 is 2.43 bits per heavy atom. The second-order valence-electron chi connectivity index (χ2n) is 5.12. The fraction of sp³-hybridized carbons (Fsp3) is 0.118. The van der Waals surface area contributed by atoms with Crippen LogP contribution in [0, 0.1) is 0 Å². The van der Waals surface area contributed by atoms with Crippen molar-refractivity contribution in [3.8, 4) is 5.75 Å². The SMILES string of the molecule is O=CC1C(I)=C(c2ccc(C[SH](=O)=O)cc2)Oc2ccccc21. The maximum Gasteiger partial charge on any atom is 0.144 e. The van der Waals surface area contributed by atoms with Gasteiger partial charge in [0.15, 0.2) is 0 Å². The molecule has 0 radical (unpaired) electrons. The molecule has 1 aliphatic heterocycles. The first-order valence-electron chi connectivity index (χ1n) is 6.93. The van der Waals surface area contributed by atoms with Gasteiger partial charge in [-0.2, -0.15) is 0 Å². The lowest BCUT2D eigenvalue weighted by molar-refractivity contribution is -0.108. The predicted octanol–water partition coefficient (Wildman–Crippen LogP) is 3.28. The topological polar surface area (TPSA) is 60.4 Å². The number of allylic oxidation sites excluding steroid dienone is 1. The smallest absolute Gasteiger partial charge is 0.144 e. The maximum atomic E-state index is 11.5. The quantitative estimate of drug-likeness (QED) is 0.451. The summed E-state index contributed by atoms with van der Waals surface area (Å²) in [7, 11) is -2.45. The van der Waals surface area contributed by atoms with Crippen LogP contribution in [0.4, 0.5) is 0 Å². The first-order chi connectivity index (χ1) is 11.1. The van der Waals surface area contributed by atoms with Gasteiger partial charge in [0.05, 0.1) is 11.7 Å². The summed E-state index contributed by atoms with van der Waals surface area (Å²) in [6.07, 6.45) is 0.916. The molecular weight excluding hydrogens is 427 g/mol. The molecule has 0 fully saturated rings. The van der Waals surface area contributed by atoms with Crippen LogP contribution < -0.4 is 4.74 Å². The minimum absolute atomic E-state index is 0.0202. The highest BCUT2D eigenvalue weighted by atomic mass is 127. The second kappa shape index (κ2) is 6.84. The monoisotopic (exact) mass is 440 g/mol. The van der Waals surface area contributed by atoms with Gasteiger partial charge in [-0.3, -0.25) is 0 Å². The molecule has 118 valence electrons. The van der Waals surface area contributed by atoms with Gasteiger partial charge in [-0.25, -0.2) is 8.42 Å². The molecule has 0 aliphatic carbocycles. The molecule has 0 saturated heterocycles. The van der Waals surface area contributed by atoms with Crippen LogP contribution in [0.1, 0.15) is 22.6 Å². The zero-order valence-corrected chi connectivity index (χ0v) is 15.0. The molecule has 0 amide bonds. The van der Waals surface area contributed by atoms with E-state index in [1.165, 1.54) is 0 Å². The van der Waals surface area contributed by atoms with Gasteiger partial charge in [-0.1, -0.05) is 42.5 Å². The van der Waals surface area contributed by atoms with Crippen molar-refractivity contribution in [1.29, 1.82) is 0 Å². The Labute approximate surface area is 149 Å². The zero-order chi connectivity index (χ0) is 16.4. The van der Waals surface area contributed by atoms with Gasteiger partial charge >= 0.3 is 0 Å². The summed E-state index contributed by atoms with van der Waals surface area (Å²) >= 11 is 2.14. The summed E-state index contributed by atoms with van der Waals surface area (Å²) in [5, 5.41) is 0. The van der Waals surface area contributed by atoms with E-state index in [2.05, 4.69) is 22.6 Å². The number of fused-ring (bicyclic) bond motifs is 1. The summed E-state index contributed by atoms with van der Waals surface area (Å²) in [4.78, 5) is 11.5. The third-order valence-electron chi connectivity index (χ3n) is 3.62. The van der Waals surface area contributed by atoms with Crippen LogP contribution in [-0.2, 0) is 21.3 Å². The van der Waals surface area contributed by atoms with E-state index in [9.17, 15) is 13.2 Å². The molecule has 2 aromatic rings. The second-order valence-corrected chi connectivity index (χ2v) is 7.26. The Bertz CT molecular complexity index is 845. The number of ether oxygens (including phenoxy) is 1. The van der Waals surface area contributed by atoms with Crippen LogP contribution in [0.15, 0.2) is 52.1 Å². The van der Waals surface area contributed by atoms with E-state index in [0.717, 1.165) is 26.6 Å². The van der Waals surface area contributed by atoms with Gasteiger partial charge in [0.1, 0.15) is 28.5 Å². The molecule has 0 spiro atoms. The summed E-state index contributed by atoms with van der Waals surface area (Å²) in [6, 6.07) is 14.6. The normalized spacial score (nSPS) is 16.9. The van der Waals surface area contributed by atoms with Gasteiger partial charge in [0.25, 0.3) is 0 Å². The molecular formula is C17H13IO4S. The number of rotatable bonds is 4. The van der Waals surface area contributed by atoms with E-state index >= 15 is 0 Å². The molecule has 2 aromatic carbocycles.